The predicted octanol–water partition coefficient (Wildman–Crippen LogP) is 4.13. The van der Waals surface area contributed by atoms with E-state index >= 15 is 0 Å². The lowest BCUT2D eigenvalue weighted by atomic mass is 10.0. The van der Waals surface area contributed by atoms with E-state index in [1.54, 1.807) is 12.4 Å². The molecule has 0 aliphatic carbocycles. The number of nitrogens with two attached hydrogens (primary N) is 1. The van der Waals surface area contributed by atoms with Gasteiger partial charge in [0.05, 0.1) is 18.0 Å². The Kier molecular flexibility index (Phi) is 5.54. The van der Waals surface area contributed by atoms with Gasteiger partial charge in [-0.1, -0.05) is 18.2 Å². The quantitative estimate of drug-likeness (QED) is 0.539. The maximum absolute atomic E-state index is 5.87. The van der Waals surface area contributed by atoms with Crippen LogP contribution in [0.1, 0.15) is 12.6 Å². The van der Waals surface area contributed by atoms with Crippen LogP contribution in [-0.2, 0) is 6.54 Å². The Morgan fingerprint density at radius 2 is 1.76 bits per heavy atom. The van der Waals surface area contributed by atoms with E-state index in [4.69, 9.17) is 15.5 Å². The second-order valence-electron chi connectivity index (χ2n) is 6.41. The van der Waals surface area contributed by atoms with Gasteiger partial charge in [0.2, 0.25) is 0 Å². The summed E-state index contributed by atoms with van der Waals surface area (Å²) in [6.07, 6.45) is 5.35. The molecule has 0 saturated carbocycles. The molecule has 0 saturated heterocycles. The Morgan fingerprint density at radius 1 is 0.862 bits per heavy atom. The third-order valence-electron chi connectivity index (χ3n) is 4.39. The number of pyridine rings is 2. The first-order valence-corrected chi connectivity index (χ1v) is 9.45. The first-order valence-electron chi connectivity index (χ1n) is 9.45. The maximum atomic E-state index is 5.87. The summed E-state index contributed by atoms with van der Waals surface area (Å²) < 4.78 is 5.62. The molecule has 2 N–H and O–H groups in total. The van der Waals surface area contributed by atoms with E-state index < -0.39 is 0 Å². The predicted molar refractivity (Wildman–Crippen MR) is 113 cm³/mol. The van der Waals surface area contributed by atoms with Crippen molar-refractivity contribution < 1.29 is 4.74 Å². The molecular weight excluding hydrogens is 362 g/mol. The lowest BCUT2D eigenvalue weighted by Gasteiger charge is -2.09. The number of hydrogen-bond donors (Lipinski definition) is 1. The van der Waals surface area contributed by atoms with Gasteiger partial charge in [-0.25, -0.2) is 9.97 Å². The van der Waals surface area contributed by atoms with E-state index in [1.165, 1.54) is 0 Å². The first kappa shape index (κ1) is 18.7. The average molecular weight is 383 g/mol. The molecule has 29 heavy (non-hydrogen) atoms. The molecule has 0 bridgehead atoms. The van der Waals surface area contributed by atoms with Gasteiger partial charge in [-0.15, -0.1) is 0 Å². The fourth-order valence-corrected chi connectivity index (χ4v) is 3.03. The summed E-state index contributed by atoms with van der Waals surface area (Å²) in [4.78, 5) is 18.0. The summed E-state index contributed by atoms with van der Waals surface area (Å²) in [6, 6.07) is 17.6. The van der Waals surface area contributed by atoms with E-state index in [0.717, 1.165) is 33.8 Å². The molecule has 0 spiro atoms. The molecule has 1 aromatic carbocycles. The van der Waals surface area contributed by atoms with Crippen molar-refractivity contribution >= 4 is 0 Å². The Morgan fingerprint density at radius 3 is 2.55 bits per heavy atom. The largest absolute Gasteiger partial charge is 0.494 e. The SMILES string of the molecule is CCOc1cccc(-c2cncc(-c3cc(CN)nc(-c4ccccn4)n3)c2)c1. The molecule has 0 amide bonds. The summed E-state index contributed by atoms with van der Waals surface area (Å²) >= 11 is 0. The third-order valence-corrected chi connectivity index (χ3v) is 4.39. The molecule has 4 aromatic rings. The molecule has 3 heterocycles. The minimum Gasteiger partial charge on any atom is -0.494 e. The van der Waals surface area contributed by atoms with Gasteiger partial charge in [-0.05, 0) is 48.9 Å². The Balaban J connectivity index is 1.76. The van der Waals surface area contributed by atoms with Crippen molar-refractivity contribution in [1.29, 1.82) is 0 Å². The second-order valence-corrected chi connectivity index (χ2v) is 6.41. The number of benzene rings is 1. The Labute approximate surface area is 169 Å². The highest BCUT2D eigenvalue weighted by molar-refractivity contribution is 5.71. The van der Waals surface area contributed by atoms with Crippen molar-refractivity contribution in [3.8, 4) is 39.7 Å². The van der Waals surface area contributed by atoms with E-state index in [2.05, 4.69) is 21.0 Å². The van der Waals surface area contributed by atoms with Gasteiger partial charge in [0, 0.05) is 36.3 Å². The lowest BCUT2D eigenvalue weighted by Crippen LogP contribution is -2.04. The molecule has 0 atom stereocenters. The fourth-order valence-electron chi connectivity index (χ4n) is 3.03. The number of nitrogens with zero attached hydrogens (tertiary/aromatic N) is 4. The second kappa shape index (κ2) is 8.58. The topological polar surface area (TPSA) is 86.8 Å². The molecular formula is C23H21N5O. The zero-order valence-electron chi connectivity index (χ0n) is 16.1. The van der Waals surface area contributed by atoms with Gasteiger partial charge >= 0.3 is 0 Å². The highest BCUT2D eigenvalue weighted by atomic mass is 16.5. The average Bonchev–Trinajstić information content (AvgIpc) is 2.80. The molecule has 6 nitrogen and oxygen atoms in total. The molecule has 0 unspecified atom stereocenters. The molecule has 0 aliphatic rings. The number of hydrogen-bond acceptors (Lipinski definition) is 6. The van der Waals surface area contributed by atoms with Crippen LogP contribution in [0.4, 0.5) is 0 Å². The van der Waals surface area contributed by atoms with E-state index in [1.807, 2.05) is 61.7 Å². The van der Waals surface area contributed by atoms with Crippen molar-refractivity contribution in [3.63, 3.8) is 0 Å². The van der Waals surface area contributed by atoms with E-state index in [9.17, 15) is 0 Å². The summed E-state index contributed by atoms with van der Waals surface area (Å²) in [5.41, 5.74) is 11.0. The zero-order valence-corrected chi connectivity index (χ0v) is 16.1. The van der Waals surface area contributed by atoms with Gasteiger partial charge in [-0.2, -0.15) is 0 Å². The monoisotopic (exact) mass is 383 g/mol. The summed E-state index contributed by atoms with van der Waals surface area (Å²) in [5, 5.41) is 0. The van der Waals surface area contributed by atoms with Gasteiger partial charge < -0.3 is 10.5 Å². The molecule has 4 rings (SSSR count). The first-order chi connectivity index (χ1) is 14.3. The van der Waals surface area contributed by atoms with Crippen LogP contribution in [0.25, 0.3) is 33.9 Å². The maximum Gasteiger partial charge on any atom is 0.178 e. The number of aromatic nitrogens is 4. The van der Waals surface area contributed by atoms with Crippen LogP contribution in [0.5, 0.6) is 5.75 Å². The van der Waals surface area contributed by atoms with Crippen molar-refractivity contribution in [3.05, 3.63) is 78.9 Å². The van der Waals surface area contributed by atoms with Crippen molar-refractivity contribution in [1.82, 2.24) is 19.9 Å². The van der Waals surface area contributed by atoms with Crippen LogP contribution in [0, 0.1) is 0 Å². The van der Waals surface area contributed by atoms with Crippen LogP contribution in [0.15, 0.2) is 73.2 Å². The van der Waals surface area contributed by atoms with Crippen LogP contribution in [-0.4, -0.2) is 26.5 Å². The fraction of sp³-hybridized carbons (Fsp3) is 0.130. The van der Waals surface area contributed by atoms with Crippen LogP contribution < -0.4 is 10.5 Å². The minimum atomic E-state index is 0.318. The number of ether oxygens (including phenoxy) is 1. The molecule has 144 valence electrons. The van der Waals surface area contributed by atoms with Crippen LogP contribution in [0.2, 0.25) is 0 Å². The normalized spacial score (nSPS) is 10.7. The third kappa shape index (κ3) is 4.28. The van der Waals surface area contributed by atoms with Gasteiger partial charge in [0.25, 0.3) is 0 Å². The summed E-state index contributed by atoms with van der Waals surface area (Å²) in [5.74, 6) is 1.38. The van der Waals surface area contributed by atoms with Gasteiger partial charge in [0.1, 0.15) is 11.4 Å². The molecule has 0 aliphatic heterocycles. The zero-order chi connectivity index (χ0) is 20.1. The molecule has 6 heteroatoms. The summed E-state index contributed by atoms with van der Waals surface area (Å²) in [6.45, 7) is 2.91. The molecule has 0 radical (unpaired) electrons. The summed E-state index contributed by atoms with van der Waals surface area (Å²) in [7, 11) is 0. The minimum absolute atomic E-state index is 0.318. The van der Waals surface area contributed by atoms with E-state index in [-0.39, 0.29) is 0 Å². The van der Waals surface area contributed by atoms with Gasteiger partial charge in [-0.3, -0.25) is 9.97 Å². The van der Waals surface area contributed by atoms with E-state index in [0.29, 0.717) is 24.7 Å². The smallest absolute Gasteiger partial charge is 0.178 e. The van der Waals surface area contributed by atoms with Crippen molar-refractivity contribution in [2.75, 3.05) is 6.61 Å². The lowest BCUT2D eigenvalue weighted by molar-refractivity contribution is 0.340. The number of rotatable bonds is 6. The van der Waals surface area contributed by atoms with Crippen LogP contribution in [0.3, 0.4) is 0 Å². The Hall–Kier alpha value is -3.64. The van der Waals surface area contributed by atoms with Crippen molar-refractivity contribution in [2.24, 2.45) is 5.73 Å². The van der Waals surface area contributed by atoms with Gasteiger partial charge in [0.15, 0.2) is 5.82 Å². The van der Waals surface area contributed by atoms with Crippen molar-refractivity contribution in [2.45, 2.75) is 13.5 Å². The molecule has 3 aromatic heterocycles. The Bertz CT molecular complexity index is 1120. The standard InChI is InChI=1S/C23H21N5O/c1-2-29-20-7-5-6-16(11-20)17-10-18(15-25-14-17)22-12-19(13-24)27-23(28-22)21-8-3-4-9-26-21/h3-12,14-15H,2,13,24H2,1H3. The highest BCUT2D eigenvalue weighted by Crippen LogP contribution is 2.28. The molecule has 0 fully saturated rings. The van der Waals surface area contributed by atoms with Crippen LogP contribution >= 0.6 is 0 Å². The highest BCUT2D eigenvalue weighted by Gasteiger charge is 2.10.